The van der Waals surface area contributed by atoms with E-state index in [1.807, 2.05) is 35.2 Å². The zero-order chi connectivity index (χ0) is 22.1. The largest absolute Gasteiger partial charge is 0.481 e. The first kappa shape index (κ1) is 23.3. The predicted molar refractivity (Wildman–Crippen MR) is 118 cm³/mol. The number of hydrogen-bond donors (Lipinski definition) is 3. The molecule has 0 spiro atoms. The van der Waals surface area contributed by atoms with E-state index in [2.05, 4.69) is 10.6 Å². The minimum absolute atomic E-state index is 0.119. The molecule has 31 heavy (non-hydrogen) atoms. The molecule has 7 nitrogen and oxygen atoms in total. The molecule has 0 aliphatic carbocycles. The van der Waals surface area contributed by atoms with Crippen LogP contribution in [0.3, 0.4) is 0 Å². The Morgan fingerprint density at radius 3 is 2.58 bits per heavy atom. The molecule has 0 aromatic heterocycles. The van der Waals surface area contributed by atoms with Crippen molar-refractivity contribution in [2.45, 2.75) is 57.4 Å². The van der Waals surface area contributed by atoms with Gasteiger partial charge in [0.25, 0.3) is 0 Å². The van der Waals surface area contributed by atoms with Gasteiger partial charge in [-0.05, 0) is 63.1 Å². The van der Waals surface area contributed by atoms with E-state index in [0.717, 1.165) is 50.8 Å². The lowest BCUT2D eigenvalue weighted by atomic mass is 9.92. The molecule has 1 aromatic rings. The van der Waals surface area contributed by atoms with Gasteiger partial charge >= 0.3 is 5.97 Å². The molecule has 2 amide bonds. The number of nitrogens with zero attached hydrogens (tertiary/aromatic N) is 1. The van der Waals surface area contributed by atoms with Crippen LogP contribution in [-0.2, 0) is 20.8 Å². The van der Waals surface area contributed by atoms with Gasteiger partial charge in [-0.1, -0.05) is 30.3 Å². The van der Waals surface area contributed by atoms with Gasteiger partial charge in [-0.15, -0.1) is 0 Å². The zero-order valence-electron chi connectivity index (χ0n) is 18.2. The summed E-state index contributed by atoms with van der Waals surface area (Å²) in [5.74, 6) is -0.590. The number of likely N-dealkylation sites (tertiary alicyclic amines) is 1. The summed E-state index contributed by atoms with van der Waals surface area (Å²) in [5.41, 5.74) is 0.993. The van der Waals surface area contributed by atoms with E-state index in [9.17, 15) is 19.5 Å². The maximum Gasteiger partial charge on any atom is 0.305 e. The van der Waals surface area contributed by atoms with Crippen LogP contribution in [-0.4, -0.2) is 60.0 Å². The normalized spacial score (nSPS) is 20.8. The average molecular weight is 430 g/mol. The van der Waals surface area contributed by atoms with Crippen LogP contribution in [0.2, 0.25) is 0 Å². The van der Waals surface area contributed by atoms with Crippen molar-refractivity contribution in [1.29, 1.82) is 0 Å². The molecule has 0 saturated carbocycles. The summed E-state index contributed by atoms with van der Waals surface area (Å²) < 4.78 is 0. The molecular weight excluding hydrogens is 394 g/mol. The third-order valence-electron chi connectivity index (χ3n) is 6.46. The van der Waals surface area contributed by atoms with E-state index >= 15 is 0 Å². The Balaban J connectivity index is 1.50. The highest BCUT2D eigenvalue weighted by Gasteiger charge is 2.30. The molecule has 3 rings (SSSR count). The van der Waals surface area contributed by atoms with Gasteiger partial charge in [-0.25, -0.2) is 0 Å². The van der Waals surface area contributed by atoms with Crippen LogP contribution in [0.5, 0.6) is 0 Å². The summed E-state index contributed by atoms with van der Waals surface area (Å²) in [6.07, 6.45) is 5.63. The monoisotopic (exact) mass is 429 g/mol. The first-order chi connectivity index (χ1) is 15.0. The summed E-state index contributed by atoms with van der Waals surface area (Å²) in [6.45, 7) is 3.20. The Labute approximate surface area is 184 Å². The molecule has 2 heterocycles. The molecule has 0 radical (unpaired) electrons. The first-order valence-corrected chi connectivity index (χ1v) is 11.6. The lowest BCUT2D eigenvalue weighted by Gasteiger charge is -2.33. The number of carbonyl (C=O) groups excluding carboxylic acids is 2. The summed E-state index contributed by atoms with van der Waals surface area (Å²) in [7, 11) is 0. The summed E-state index contributed by atoms with van der Waals surface area (Å²) in [6, 6.07) is 9.13. The van der Waals surface area contributed by atoms with Gasteiger partial charge in [0, 0.05) is 25.6 Å². The van der Waals surface area contributed by atoms with Gasteiger partial charge in [0.05, 0.1) is 12.3 Å². The maximum absolute atomic E-state index is 12.9. The lowest BCUT2D eigenvalue weighted by Crippen LogP contribution is -2.48. The van der Waals surface area contributed by atoms with E-state index in [4.69, 9.17) is 0 Å². The number of aliphatic carboxylic acids is 1. The van der Waals surface area contributed by atoms with Crippen molar-refractivity contribution in [3.8, 4) is 0 Å². The number of amides is 2. The first-order valence-electron chi connectivity index (χ1n) is 11.6. The summed E-state index contributed by atoms with van der Waals surface area (Å²) in [5, 5.41) is 15.6. The Morgan fingerprint density at radius 1 is 1.13 bits per heavy atom. The van der Waals surface area contributed by atoms with Crippen LogP contribution in [0.1, 0.15) is 50.5 Å². The van der Waals surface area contributed by atoms with Crippen LogP contribution in [0, 0.1) is 11.8 Å². The average Bonchev–Trinajstić information content (AvgIpc) is 2.78. The second-order valence-corrected chi connectivity index (χ2v) is 8.90. The topological polar surface area (TPSA) is 98.7 Å². The summed E-state index contributed by atoms with van der Waals surface area (Å²) >= 11 is 0. The fraction of sp³-hybridized carbons (Fsp3) is 0.625. The van der Waals surface area contributed by atoms with Crippen molar-refractivity contribution in [2.24, 2.45) is 11.8 Å². The number of nitrogens with one attached hydrogen (secondary N) is 2. The molecule has 0 unspecified atom stereocenters. The fourth-order valence-electron chi connectivity index (χ4n) is 4.68. The third kappa shape index (κ3) is 7.65. The molecule has 2 atom stereocenters. The van der Waals surface area contributed by atoms with Crippen molar-refractivity contribution in [2.75, 3.05) is 26.2 Å². The van der Waals surface area contributed by atoms with E-state index in [1.54, 1.807) is 0 Å². The molecular formula is C24H35N3O4. The second kappa shape index (κ2) is 11.8. The highest BCUT2D eigenvalue weighted by molar-refractivity contribution is 5.82. The quantitative estimate of drug-likeness (QED) is 0.559. The van der Waals surface area contributed by atoms with E-state index < -0.39 is 12.0 Å². The van der Waals surface area contributed by atoms with Gasteiger partial charge in [0.1, 0.15) is 0 Å². The Kier molecular flexibility index (Phi) is 8.88. The van der Waals surface area contributed by atoms with E-state index in [0.29, 0.717) is 31.8 Å². The van der Waals surface area contributed by atoms with Crippen LogP contribution >= 0.6 is 0 Å². The molecule has 0 bridgehead atoms. The number of benzene rings is 1. The van der Waals surface area contributed by atoms with Crippen LogP contribution in [0.25, 0.3) is 0 Å². The number of piperidine rings is 2. The second-order valence-electron chi connectivity index (χ2n) is 8.90. The van der Waals surface area contributed by atoms with Crippen LogP contribution in [0.4, 0.5) is 0 Å². The molecule has 2 saturated heterocycles. The smallest absolute Gasteiger partial charge is 0.305 e. The molecule has 2 fully saturated rings. The maximum atomic E-state index is 12.9. The lowest BCUT2D eigenvalue weighted by molar-refractivity contribution is -0.138. The molecule has 3 N–H and O–H groups in total. The minimum Gasteiger partial charge on any atom is -0.481 e. The zero-order valence-corrected chi connectivity index (χ0v) is 18.2. The van der Waals surface area contributed by atoms with Gasteiger partial charge in [-0.2, -0.15) is 0 Å². The molecule has 7 heteroatoms. The van der Waals surface area contributed by atoms with E-state index in [1.165, 1.54) is 0 Å². The highest BCUT2D eigenvalue weighted by Crippen LogP contribution is 2.22. The van der Waals surface area contributed by atoms with Crippen molar-refractivity contribution < 1.29 is 19.5 Å². The Morgan fingerprint density at radius 2 is 1.87 bits per heavy atom. The molecule has 1 aromatic carbocycles. The number of hydrogen-bond acceptors (Lipinski definition) is 4. The van der Waals surface area contributed by atoms with E-state index in [-0.39, 0.29) is 24.2 Å². The van der Waals surface area contributed by atoms with Crippen molar-refractivity contribution in [3.63, 3.8) is 0 Å². The van der Waals surface area contributed by atoms with Gasteiger partial charge < -0.3 is 20.6 Å². The van der Waals surface area contributed by atoms with Crippen LogP contribution < -0.4 is 10.6 Å². The van der Waals surface area contributed by atoms with Crippen molar-refractivity contribution in [3.05, 3.63) is 35.9 Å². The predicted octanol–water partition coefficient (Wildman–Crippen LogP) is 2.21. The SMILES string of the molecule is O=C(O)C[C@@H](Cc1ccccc1)NC(=O)[C@@H]1CCCN(C(=O)CCC2CCNCC2)C1. The van der Waals surface area contributed by atoms with Gasteiger partial charge in [0.2, 0.25) is 11.8 Å². The molecule has 2 aliphatic rings. The fourth-order valence-corrected chi connectivity index (χ4v) is 4.68. The minimum atomic E-state index is -0.931. The molecule has 170 valence electrons. The third-order valence-corrected chi connectivity index (χ3v) is 6.46. The number of carbonyl (C=O) groups is 3. The Hall–Kier alpha value is -2.41. The summed E-state index contributed by atoms with van der Waals surface area (Å²) in [4.78, 5) is 38.7. The Bertz CT molecular complexity index is 734. The van der Waals surface area contributed by atoms with Crippen molar-refractivity contribution in [1.82, 2.24) is 15.5 Å². The standard InChI is InChI=1S/C24H35N3O4/c28-22(9-8-18-10-12-25-13-11-18)27-14-4-7-20(17-27)24(31)26-21(16-23(29)30)15-19-5-2-1-3-6-19/h1-3,5-6,18,20-21,25H,4,7-17H2,(H,26,31)(H,29,30)/t20-,21-/m1/s1. The number of carboxylic acids is 1. The van der Waals surface area contributed by atoms with Gasteiger partial charge in [0.15, 0.2) is 0 Å². The highest BCUT2D eigenvalue weighted by atomic mass is 16.4. The number of rotatable bonds is 9. The van der Waals surface area contributed by atoms with Crippen LogP contribution in [0.15, 0.2) is 30.3 Å². The molecule has 2 aliphatic heterocycles. The van der Waals surface area contributed by atoms with Gasteiger partial charge in [-0.3, -0.25) is 14.4 Å². The van der Waals surface area contributed by atoms with Crippen molar-refractivity contribution >= 4 is 17.8 Å². The number of carboxylic acid groups (broad SMARTS) is 1.